The normalized spacial score (nSPS) is 19.8. The first-order valence-electron chi connectivity index (χ1n) is 11.7. The molecular weight excluding hydrogens is 475 g/mol. The van der Waals surface area contributed by atoms with Crippen LogP contribution in [-0.4, -0.2) is 51.8 Å². The molecule has 0 amide bonds. The van der Waals surface area contributed by atoms with E-state index in [0.717, 1.165) is 75.6 Å². The quantitative estimate of drug-likeness (QED) is 0.243. The molecule has 0 radical (unpaired) electrons. The Hall–Kier alpha value is -0.860. The Balaban J connectivity index is 0.00000300. The fraction of sp³-hybridized carbons (Fsp3) is 0.864. The van der Waals surface area contributed by atoms with Gasteiger partial charge in [0.15, 0.2) is 5.96 Å². The molecule has 1 unspecified atom stereocenters. The van der Waals surface area contributed by atoms with Crippen molar-refractivity contribution in [2.24, 2.45) is 16.8 Å². The van der Waals surface area contributed by atoms with E-state index in [-0.39, 0.29) is 24.0 Å². The van der Waals surface area contributed by atoms with Gasteiger partial charge in [0, 0.05) is 45.6 Å². The van der Waals surface area contributed by atoms with E-state index < -0.39 is 0 Å². The Morgan fingerprint density at radius 3 is 2.72 bits per heavy atom. The summed E-state index contributed by atoms with van der Waals surface area (Å²) in [5, 5.41) is 12.4. The molecule has 2 aliphatic heterocycles. The summed E-state index contributed by atoms with van der Waals surface area (Å²) < 4.78 is 2.36. The molecule has 0 aromatic carbocycles. The van der Waals surface area contributed by atoms with Gasteiger partial charge in [-0.25, -0.2) is 0 Å². The number of hydrogen-bond donors (Lipinski definition) is 1. The largest absolute Gasteiger partial charge is 0.357 e. The number of nitrogens with one attached hydrogen (secondary N) is 1. The SMILES string of the molecule is CCNC(=NCCCc1nnc2n1CCCCC2)N1CCC(C(CC)CC)C1.I. The summed E-state index contributed by atoms with van der Waals surface area (Å²) in [5.74, 6) is 5.14. The zero-order valence-corrected chi connectivity index (χ0v) is 21.0. The molecule has 1 fully saturated rings. The van der Waals surface area contributed by atoms with Gasteiger partial charge in [-0.3, -0.25) is 4.99 Å². The highest BCUT2D eigenvalue weighted by Gasteiger charge is 2.29. The van der Waals surface area contributed by atoms with Crippen molar-refractivity contribution in [2.45, 2.75) is 85.1 Å². The number of aryl methyl sites for hydroxylation is 2. The first kappa shape index (κ1) is 24.4. The molecule has 1 aromatic rings. The van der Waals surface area contributed by atoms with Crippen LogP contribution in [0.2, 0.25) is 0 Å². The maximum Gasteiger partial charge on any atom is 0.193 e. The van der Waals surface area contributed by atoms with Gasteiger partial charge >= 0.3 is 0 Å². The van der Waals surface area contributed by atoms with Crippen LogP contribution in [0.15, 0.2) is 4.99 Å². The van der Waals surface area contributed by atoms with Crippen molar-refractivity contribution in [1.29, 1.82) is 0 Å². The van der Waals surface area contributed by atoms with E-state index in [2.05, 4.69) is 45.8 Å². The number of hydrogen-bond acceptors (Lipinski definition) is 3. The molecule has 2 aliphatic rings. The Bertz CT molecular complexity index is 625. The van der Waals surface area contributed by atoms with Gasteiger partial charge in [-0.05, 0) is 44.4 Å². The summed E-state index contributed by atoms with van der Waals surface area (Å²) in [6.07, 6.45) is 10.8. The van der Waals surface area contributed by atoms with Crippen molar-refractivity contribution < 1.29 is 0 Å². The molecule has 1 saturated heterocycles. The average molecular weight is 517 g/mol. The summed E-state index contributed by atoms with van der Waals surface area (Å²) in [6, 6.07) is 0. The molecule has 166 valence electrons. The van der Waals surface area contributed by atoms with E-state index in [1.54, 1.807) is 0 Å². The monoisotopic (exact) mass is 516 g/mol. The van der Waals surface area contributed by atoms with Crippen molar-refractivity contribution in [1.82, 2.24) is 25.0 Å². The van der Waals surface area contributed by atoms with Gasteiger partial charge in [0.05, 0.1) is 0 Å². The number of aromatic nitrogens is 3. The minimum absolute atomic E-state index is 0. The second-order valence-electron chi connectivity index (χ2n) is 8.41. The molecule has 1 N–H and O–H groups in total. The van der Waals surface area contributed by atoms with E-state index in [4.69, 9.17) is 4.99 Å². The Labute approximate surface area is 194 Å². The molecule has 1 aromatic heterocycles. The smallest absolute Gasteiger partial charge is 0.193 e. The lowest BCUT2D eigenvalue weighted by Gasteiger charge is -2.24. The number of rotatable bonds is 8. The summed E-state index contributed by atoms with van der Waals surface area (Å²) in [7, 11) is 0. The highest BCUT2D eigenvalue weighted by atomic mass is 127. The van der Waals surface area contributed by atoms with Gasteiger partial charge in [-0.1, -0.05) is 33.1 Å². The number of halogens is 1. The van der Waals surface area contributed by atoms with Crippen LogP contribution >= 0.6 is 24.0 Å². The van der Waals surface area contributed by atoms with Gasteiger partial charge in [0.25, 0.3) is 0 Å². The van der Waals surface area contributed by atoms with Crippen LogP contribution < -0.4 is 5.32 Å². The second-order valence-corrected chi connectivity index (χ2v) is 8.41. The second kappa shape index (κ2) is 12.7. The number of fused-ring (bicyclic) bond motifs is 1. The molecule has 7 heteroatoms. The lowest BCUT2D eigenvalue weighted by molar-refractivity contribution is 0.319. The molecule has 0 bridgehead atoms. The summed E-state index contributed by atoms with van der Waals surface area (Å²) in [4.78, 5) is 7.43. The zero-order valence-electron chi connectivity index (χ0n) is 18.7. The van der Waals surface area contributed by atoms with Crippen LogP contribution in [0.1, 0.15) is 77.4 Å². The number of guanidine groups is 1. The van der Waals surface area contributed by atoms with Crippen LogP contribution in [0.5, 0.6) is 0 Å². The Morgan fingerprint density at radius 2 is 1.97 bits per heavy atom. The predicted molar refractivity (Wildman–Crippen MR) is 131 cm³/mol. The molecule has 6 nitrogen and oxygen atoms in total. The molecule has 1 atom stereocenters. The zero-order chi connectivity index (χ0) is 19.8. The third-order valence-electron chi connectivity index (χ3n) is 6.58. The van der Waals surface area contributed by atoms with Gasteiger partial charge in [-0.15, -0.1) is 34.2 Å². The highest BCUT2D eigenvalue weighted by Crippen LogP contribution is 2.28. The summed E-state index contributed by atoms with van der Waals surface area (Å²) in [6.45, 7) is 12.0. The van der Waals surface area contributed by atoms with E-state index in [0.29, 0.717) is 0 Å². The summed E-state index contributed by atoms with van der Waals surface area (Å²) >= 11 is 0. The predicted octanol–water partition coefficient (Wildman–Crippen LogP) is 4.28. The average Bonchev–Trinajstić information content (AvgIpc) is 3.27. The van der Waals surface area contributed by atoms with Crippen molar-refractivity contribution >= 4 is 29.9 Å². The van der Waals surface area contributed by atoms with Crippen molar-refractivity contribution in [3.63, 3.8) is 0 Å². The van der Waals surface area contributed by atoms with E-state index in [9.17, 15) is 0 Å². The standard InChI is InChI=1S/C22H40N6.HI/c1-4-18(5-2)19-13-16-27(17-19)22(23-6-3)24-14-10-12-21-26-25-20-11-8-7-9-15-28(20)21;/h18-19H,4-17H2,1-3H3,(H,23,24);1H. The highest BCUT2D eigenvalue weighted by molar-refractivity contribution is 14.0. The Morgan fingerprint density at radius 1 is 1.14 bits per heavy atom. The maximum absolute atomic E-state index is 4.94. The number of aliphatic imine (C=N–C) groups is 1. The topological polar surface area (TPSA) is 58.3 Å². The fourth-order valence-corrected chi connectivity index (χ4v) is 4.90. The van der Waals surface area contributed by atoms with Gasteiger partial charge in [0.1, 0.15) is 11.6 Å². The molecule has 29 heavy (non-hydrogen) atoms. The van der Waals surface area contributed by atoms with Crippen LogP contribution in [0.3, 0.4) is 0 Å². The minimum atomic E-state index is 0. The summed E-state index contributed by atoms with van der Waals surface area (Å²) in [5.41, 5.74) is 0. The van der Waals surface area contributed by atoms with E-state index >= 15 is 0 Å². The minimum Gasteiger partial charge on any atom is -0.357 e. The molecule has 0 aliphatic carbocycles. The lowest BCUT2D eigenvalue weighted by Crippen LogP contribution is -2.40. The maximum atomic E-state index is 4.94. The molecule has 3 rings (SSSR count). The molecule has 3 heterocycles. The first-order valence-corrected chi connectivity index (χ1v) is 11.7. The van der Waals surface area contributed by atoms with Gasteiger partial charge < -0.3 is 14.8 Å². The molecule has 0 saturated carbocycles. The van der Waals surface area contributed by atoms with Crippen molar-refractivity contribution in [2.75, 3.05) is 26.2 Å². The lowest BCUT2D eigenvalue weighted by atomic mass is 9.87. The van der Waals surface area contributed by atoms with Crippen LogP contribution in [0, 0.1) is 11.8 Å². The molecular formula is C22H41IN6. The van der Waals surface area contributed by atoms with Crippen LogP contribution in [0.25, 0.3) is 0 Å². The Kier molecular flexibility index (Phi) is 10.7. The van der Waals surface area contributed by atoms with Crippen LogP contribution in [-0.2, 0) is 19.4 Å². The van der Waals surface area contributed by atoms with E-state index in [1.807, 2.05) is 0 Å². The molecule has 0 spiro atoms. The first-order chi connectivity index (χ1) is 13.8. The number of nitrogens with zero attached hydrogens (tertiary/aromatic N) is 5. The third-order valence-corrected chi connectivity index (χ3v) is 6.58. The van der Waals surface area contributed by atoms with Gasteiger partial charge in [0.2, 0.25) is 0 Å². The van der Waals surface area contributed by atoms with Crippen molar-refractivity contribution in [3.8, 4) is 0 Å². The van der Waals surface area contributed by atoms with Crippen molar-refractivity contribution in [3.05, 3.63) is 11.6 Å². The van der Waals surface area contributed by atoms with Gasteiger partial charge in [-0.2, -0.15) is 0 Å². The van der Waals surface area contributed by atoms with E-state index in [1.165, 1.54) is 44.3 Å². The third kappa shape index (κ3) is 6.56. The fourth-order valence-electron chi connectivity index (χ4n) is 4.90. The number of likely N-dealkylation sites (tertiary alicyclic amines) is 1. The van der Waals surface area contributed by atoms with Crippen LogP contribution in [0.4, 0.5) is 0 Å².